The van der Waals surface area contributed by atoms with E-state index in [-0.39, 0.29) is 17.2 Å². The number of aliphatic hydroxyl groups excluding tert-OH is 1. The Bertz CT molecular complexity index is 969. The van der Waals surface area contributed by atoms with Crippen LogP contribution >= 0.6 is 0 Å². The van der Waals surface area contributed by atoms with Crippen LogP contribution in [0, 0.1) is 11.6 Å². The van der Waals surface area contributed by atoms with E-state index in [0.717, 1.165) is 12.1 Å². The fourth-order valence-electron chi connectivity index (χ4n) is 3.27. The zero-order chi connectivity index (χ0) is 21.3. The monoisotopic (exact) mass is 406 g/mol. The van der Waals surface area contributed by atoms with Crippen LogP contribution in [0.5, 0.6) is 0 Å². The summed E-state index contributed by atoms with van der Waals surface area (Å²) in [6.07, 6.45) is -0.181. The molecule has 10 heteroatoms. The molecule has 0 saturated heterocycles. The molecule has 154 valence electrons. The van der Waals surface area contributed by atoms with E-state index in [1.54, 1.807) is 7.05 Å². The van der Waals surface area contributed by atoms with Gasteiger partial charge < -0.3 is 15.7 Å². The van der Waals surface area contributed by atoms with Crippen LogP contribution in [0.2, 0.25) is 0 Å². The molecule has 1 aromatic carbocycles. The summed E-state index contributed by atoms with van der Waals surface area (Å²) in [5.41, 5.74) is 0.822. The number of ketones is 1. The van der Waals surface area contributed by atoms with Crippen molar-refractivity contribution in [2.75, 3.05) is 5.32 Å². The van der Waals surface area contributed by atoms with Gasteiger partial charge in [-0.2, -0.15) is 5.10 Å². The summed E-state index contributed by atoms with van der Waals surface area (Å²) in [6, 6.07) is 1.19. The number of Topliss-reactive ketones (excluding diaryl/α,β-unsaturated/α-hetero) is 1. The predicted octanol–water partition coefficient (Wildman–Crippen LogP) is 1.39. The van der Waals surface area contributed by atoms with Crippen LogP contribution in [-0.2, 0) is 23.1 Å². The minimum atomic E-state index is -1.85. The first kappa shape index (κ1) is 20.6. The summed E-state index contributed by atoms with van der Waals surface area (Å²) in [5.74, 6) is -3.28. The maximum atomic E-state index is 13.3. The van der Waals surface area contributed by atoms with Crippen LogP contribution in [0.3, 0.4) is 0 Å². The molecule has 1 heterocycles. The van der Waals surface area contributed by atoms with Gasteiger partial charge in [0.1, 0.15) is 23.4 Å². The zero-order valence-electron chi connectivity index (χ0n) is 15.8. The van der Waals surface area contributed by atoms with Gasteiger partial charge in [0.2, 0.25) is 5.91 Å². The Hall–Kier alpha value is -3.14. The van der Waals surface area contributed by atoms with E-state index in [9.17, 15) is 28.3 Å². The number of rotatable bonds is 5. The summed E-state index contributed by atoms with van der Waals surface area (Å²) in [4.78, 5) is 36.6. The van der Waals surface area contributed by atoms with E-state index in [0.29, 0.717) is 36.6 Å². The molecule has 0 unspecified atom stereocenters. The lowest BCUT2D eigenvalue weighted by molar-refractivity contribution is -0.132. The maximum Gasteiger partial charge on any atom is 0.254 e. The molecule has 29 heavy (non-hydrogen) atoms. The molecule has 0 radical (unpaired) electrons. The second-order valence-electron chi connectivity index (χ2n) is 6.90. The van der Waals surface area contributed by atoms with Crippen molar-refractivity contribution in [3.05, 3.63) is 46.7 Å². The largest absolute Gasteiger partial charge is 0.378 e. The van der Waals surface area contributed by atoms with E-state index < -0.39 is 35.6 Å². The molecule has 0 bridgehead atoms. The number of nitrogens with one attached hydrogen (secondary N) is 2. The lowest BCUT2D eigenvalue weighted by atomic mass is 9.96. The highest BCUT2D eigenvalue weighted by atomic mass is 19.1. The predicted molar refractivity (Wildman–Crippen MR) is 98.0 cm³/mol. The van der Waals surface area contributed by atoms with Gasteiger partial charge in [0.05, 0.1) is 0 Å². The third kappa shape index (κ3) is 4.32. The number of aliphatic hydroxyl groups is 1. The van der Waals surface area contributed by atoms with Crippen molar-refractivity contribution >= 4 is 23.4 Å². The number of anilines is 1. The van der Waals surface area contributed by atoms with Crippen LogP contribution in [0.25, 0.3) is 0 Å². The van der Waals surface area contributed by atoms with E-state index in [2.05, 4.69) is 15.7 Å². The summed E-state index contributed by atoms with van der Waals surface area (Å²) >= 11 is 0. The molecule has 0 saturated carbocycles. The third-order valence-electron chi connectivity index (χ3n) is 4.68. The van der Waals surface area contributed by atoms with Gasteiger partial charge in [0, 0.05) is 25.1 Å². The average Bonchev–Trinajstić information content (AvgIpc) is 2.96. The highest BCUT2D eigenvalue weighted by Gasteiger charge is 2.28. The van der Waals surface area contributed by atoms with Crippen molar-refractivity contribution in [2.45, 2.75) is 38.3 Å². The molecule has 2 aromatic rings. The lowest BCUT2D eigenvalue weighted by Gasteiger charge is -2.17. The van der Waals surface area contributed by atoms with Crippen LogP contribution in [0.4, 0.5) is 14.6 Å². The van der Waals surface area contributed by atoms with Gasteiger partial charge >= 0.3 is 0 Å². The summed E-state index contributed by atoms with van der Waals surface area (Å²) in [6.45, 7) is 1.38. The fraction of sp³-hybridized carbons (Fsp3) is 0.368. The number of halogens is 2. The topological polar surface area (TPSA) is 113 Å². The van der Waals surface area contributed by atoms with Gasteiger partial charge in [-0.1, -0.05) is 0 Å². The molecule has 3 rings (SSSR count). The fourth-order valence-corrected chi connectivity index (χ4v) is 3.27. The molecule has 1 aliphatic carbocycles. The Labute approximate surface area is 164 Å². The molecule has 8 nitrogen and oxygen atoms in total. The van der Waals surface area contributed by atoms with E-state index in [1.165, 1.54) is 11.6 Å². The molecular formula is C19H20F2N4O4. The number of hydrogen-bond acceptors (Lipinski definition) is 5. The van der Waals surface area contributed by atoms with Crippen molar-refractivity contribution in [3.8, 4) is 0 Å². The standard InChI is InChI=1S/C19H20F2N4O4/c1-9(22-19(29)16(27)10-6-11(20)8-12(21)7-10)18(28)23-17-13-4-3-5-14(26)15(13)25(2)24-17/h6-9,16,27H,3-5H2,1-2H3,(H,22,29)(H,23,24,28)/t9-,16-/m0/s1. The van der Waals surface area contributed by atoms with E-state index in [1.807, 2.05) is 0 Å². The number of nitrogens with zero attached hydrogens (tertiary/aromatic N) is 2. The van der Waals surface area contributed by atoms with Crippen LogP contribution in [0.1, 0.15) is 47.5 Å². The average molecular weight is 406 g/mol. The number of hydrogen-bond donors (Lipinski definition) is 3. The van der Waals surface area contributed by atoms with Gasteiger partial charge in [-0.25, -0.2) is 8.78 Å². The number of carbonyl (C=O) groups is 3. The zero-order valence-corrected chi connectivity index (χ0v) is 15.8. The number of amides is 2. The molecule has 3 N–H and O–H groups in total. The number of carbonyl (C=O) groups excluding carboxylic acids is 3. The maximum absolute atomic E-state index is 13.3. The lowest BCUT2D eigenvalue weighted by Crippen LogP contribution is -2.43. The third-order valence-corrected chi connectivity index (χ3v) is 4.68. The number of fused-ring (bicyclic) bond motifs is 1. The van der Waals surface area contributed by atoms with Gasteiger partial charge in [0.15, 0.2) is 17.7 Å². The second kappa shape index (κ2) is 8.08. The smallest absolute Gasteiger partial charge is 0.254 e. The SMILES string of the molecule is C[C@H](NC(=O)[C@@H](O)c1cc(F)cc(F)c1)C(=O)Nc1nn(C)c2c1CCCC2=O. The van der Waals surface area contributed by atoms with Crippen LogP contribution in [-0.4, -0.2) is 38.5 Å². The van der Waals surface area contributed by atoms with Crippen LogP contribution < -0.4 is 10.6 Å². The highest BCUT2D eigenvalue weighted by molar-refractivity contribution is 6.01. The minimum Gasteiger partial charge on any atom is -0.378 e. The Morgan fingerprint density at radius 3 is 2.48 bits per heavy atom. The Kier molecular flexibility index (Phi) is 5.73. The van der Waals surface area contributed by atoms with Crippen molar-refractivity contribution in [3.63, 3.8) is 0 Å². The minimum absolute atomic E-state index is 0.0476. The second-order valence-corrected chi connectivity index (χ2v) is 6.90. The number of benzene rings is 1. The summed E-state index contributed by atoms with van der Waals surface area (Å²) in [5, 5.41) is 19.0. The molecular weight excluding hydrogens is 386 g/mol. The Morgan fingerprint density at radius 1 is 1.17 bits per heavy atom. The first-order valence-corrected chi connectivity index (χ1v) is 9.01. The quantitative estimate of drug-likeness (QED) is 0.695. The summed E-state index contributed by atoms with van der Waals surface area (Å²) in [7, 11) is 1.61. The highest BCUT2D eigenvalue weighted by Crippen LogP contribution is 2.27. The number of aryl methyl sites for hydroxylation is 1. The molecule has 1 aromatic heterocycles. The molecule has 0 spiro atoms. The van der Waals surface area contributed by atoms with Gasteiger partial charge in [-0.05, 0) is 37.5 Å². The summed E-state index contributed by atoms with van der Waals surface area (Å²) < 4.78 is 28.0. The van der Waals surface area contributed by atoms with Gasteiger partial charge in [0.25, 0.3) is 5.91 Å². The van der Waals surface area contributed by atoms with E-state index in [4.69, 9.17) is 0 Å². The Balaban J connectivity index is 1.67. The molecule has 0 aliphatic heterocycles. The van der Waals surface area contributed by atoms with Crippen molar-refractivity contribution in [1.82, 2.24) is 15.1 Å². The van der Waals surface area contributed by atoms with Crippen molar-refractivity contribution < 1.29 is 28.3 Å². The molecule has 0 fully saturated rings. The van der Waals surface area contributed by atoms with Crippen molar-refractivity contribution in [1.29, 1.82) is 0 Å². The van der Waals surface area contributed by atoms with Crippen LogP contribution in [0.15, 0.2) is 18.2 Å². The first-order chi connectivity index (χ1) is 13.7. The molecule has 2 amide bonds. The number of aromatic nitrogens is 2. The normalized spacial score (nSPS) is 15.4. The first-order valence-electron chi connectivity index (χ1n) is 9.01. The molecule has 1 aliphatic rings. The van der Waals surface area contributed by atoms with E-state index >= 15 is 0 Å². The van der Waals surface area contributed by atoms with Gasteiger partial charge in [-0.3, -0.25) is 19.1 Å². The van der Waals surface area contributed by atoms with Crippen molar-refractivity contribution in [2.24, 2.45) is 7.05 Å². The Morgan fingerprint density at radius 2 is 1.83 bits per heavy atom. The van der Waals surface area contributed by atoms with Gasteiger partial charge in [-0.15, -0.1) is 0 Å². The molecule has 2 atom stereocenters.